The van der Waals surface area contributed by atoms with E-state index < -0.39 is 0 Å². The quantitative estimate of drug-likeness (QED) is 0.742. The fourth-order valence-corrected chi connectivity index (χ4v) is 3.38. The number of aromatic nitrogens is 2. The van der Waals surface area contributed by atoms with Crippen molar-refractivity contribution in [2.75, 3.05) is 17.7 Å². The molecule has 1 aliphatic carbocycles. The number of nitrogen functional groups attached to an aromatic ring is 1. The van der Waals surface area contributed by atoms with Crippen LogP contribution in [0.4, 0.5) is 17.2 Å². The highest BCUT2D eigenvalue weighted by Crippen LogP contribution is 2.58. The molecule has 1 saturated carbocycles. The molecule has 3 aromatic rings. The molecule has 3 N–H and O–H groups in total. The molecular weight excluding hydrogens is 328 g/mol. The molecule has 0 unspecified atom stereocenters. The summed E-state index contributed by atoms with van der Waals surface area (Å²) in [6.07, 6.45) is 5.69. The Balaban J connectivity index is 1.37. The van der Waals surface area contributed by atoms with Crippen LogP contribution < -0.4 is 20.5 Å². The van der Waals surface area contributed by atoms with Crippen molar-refractivity contribution in [1.82, 2.24) is 9.97 Å². The van der Waals surface area contributed by atoms with Gasteiger partial charge in [-0.2, -0.15) is 0 Å². The first-order valence-corrected chi connectivity index (χ1v) is 8.61. The summed E-state index contributed by atoms with van der Waals surface area (Å²) >= 11 is 0. The Kier molecular flexibility index (Phi) is 3.25. The minimum Gasteiger partial charge on any atom is -0.492 e. The first-order valence-electron chi connectivity index (χ1n) is 8.61. The Morgan fingerprint density at radius 3 is 2.77 bits per heavy atom. The topological polar surface area (TPSA) is 82.3 Å². The van der Waals surface area contributed by atoms with Gasteiger partial charge in [0.2, 0.25) is 5.88 Å². The molecule has 1 aliphatic heterocycles. The van der Waals surface area contributed by atoms with Gasteiger partial charge in [-0.3, -0.25) is 0 Å². The summed E-state index contributed by atoms with van der Waals surface area (Å²) in [4.78, 5) is 8.47. The van der Waals surface area contributed by atoms with E-state index in [0.29, 0.717) is 11.7 Å². The predicted molar refractivity (Wildman–Crippen MR) is 99.1 cm³/mol. The van der Waals surface area contributed by atoms with Gasteiger partial charge in [-0.15, -0.1) is 0 Å². The molecule has 0 bridgehead atoms. The summed E-state index contributed by atoms with van der Waals surface area (Å²) in [5, 5.41) is 3.20. The molecular formula is C20H18N4O2. The molecule has 0 amide bonds. The van der Waals surface area contributed by atoms with Crippen molar-refractivity contribution in [2.45, 2.75) is 18.3 Å². The van der Waals surface area contributed by atoms with Crippen molar-refractivity contribution in [2.24, 2.45) is 0 Å². The molecule has 2 aliphatic rings. The molecule has 0 saturated heterocycles. The lowest BCUT2D eigenvalue weighted by atomic mass is 9.97. The third kappa shape index (κ3) is 2.50. The largest absolute Gasteiger partial charge is 0.492 e. The van der Waals surface area contributed by atoms with Gasteiger partial charge in [0.05, 0.1) is 24.2 Å². The van der Waals surface area contributed by atoms with Gasteiger partial charge in [-0.1, -0.05) is 6.07 Å². The third-order valence-corrected chi connectivity index (χ3v) is 4.94. The Morgan fingerprint density at radius 2 is 2.00 bits per heavy atom. The van der Waals surface area contributed by atoms with Crippen molar-refractivity contribution < 1.29 is 9.47 Å². The predicted octanol–water partition coefficient (Wildman–Crippen LogP) is 4.02. The molecule has 6 heteroatoms. The molecule has 26 heavy (non-hydrogen) atoms. The summed E-state index contributed by atoms with van der Waals surface area (Å²) in [6.45, 7) is 0.755. The zero-order valence-electron chi connectivity index (χ0n) is 14.1. The smallest absolute Gasteiger partial charge is 0.219 e. The van der Waals surface area contributed by atoms with Gasteiger partial charge in [-0.05, 0) is 43.2 Å². The van der Waals surface area contributed by atoms with E-state index in [9.17, 15) is 0 Å². The van der Waals surface area contributed by atoms with Crippen LogP contribution in [0.3, 0.4) is 0 Å². The number of benzene rings is 1. The monoisotopic (exact) mass is 346 g/mol. The highest BCUT2D eigenvalue weighted by molar-refractivity contribution is 5.69. The maximum absolute atomic E-state index is 6.07. The van der Waals surface area contributed by atoms with Crippen LogP contribution in [-0.2, 0) is 5.41 Å². The zero-order valence-corrected chi connectivity index (χ0v) is 14.1. The van der Waals surface area contributed by atoms with Gasteiger partial charge in [-0.25, -0.2) is 9.97 Å². The van der Waals surface area contributed by atoms with Crippen LogP contribution in [0.1, 0.15) is 18.4 Å². The van der Waals surface area contributed by atoms with E-state index in [-0.39, 0.29) is 5.41 Å². The van der Waals surface area contributed by atoms with Gasteiger partial charge < -0.3 is 20.5 Å². The Morgan fingerprint density at radius 1 is 1.08 bits per heavy atom. The van der Waals surface area contributed by atoms with Gasteiger partial charge in [0.15, 0.2) is 0 Å². The van der Waals surface area contributed by atoms with Gasteiger partial charge in [0.25, 0.3) is 0 Å². The van der Waals surface area contributed by atoms with E-state index in [0.717, 1.165) is 42.3 Å². The fraction of sp³-hybridized carbons (Fsp3) is 0.200. The minimum absolute atomic E-state index is 0.158. The summed E-state index contributed by atoms with van der Waals surface area (Å²) in [7, 11) is 0. The van der Waals surface area contributed by atoms with E-state index in [2.05, 4.69) is 15.3 Å². The van der Waals surface area contributed by atoms with Crippen LogP contribution in [0, 0.1) is 0 Å². The van der Waals surface area contributed by atoms with Crippen LogP contribution in [0.2, 0.25) is 0 Å². The molecule has 3 heterocycles. The van der Waals surface area contributed by atoms with Crippen molar-refractivity contribution in [3.8, 4) is 17.4 Å². The van der Waals surface area contributed by atoms with Gasteiger partial charge >= 0.3 is 0 Å². The highest BCUT2D eigenvalue weighted by atomic mass is 16.5. The molecule has 130 valence electrons. The Hall–Kier alpha value is -3.28. The molecule has 2 aromatic heterocycles. The van der Waals surface area contributed by atoms with Crippen molar-refractivity contribution in [1.29, 1.82) is 0 Å². The molecule has 1 spiro atoms. The summed E-state index contributed by atoms with van der Waals surface area (Å²) < 4.78 is 11.9. The summed E-state index contributed by atoms with van der Waals surface area (Å²) in [5.41, 5.74) is 8.76. The molecule has 0 radical (unpaired) electrons. The lowest BCUT2D eigenvalue weighted by Gasteiger charge is -2.13. The number of nitrogens with one attached hydrogen (secondary N) is 1. The first kappa shape index (κ1) is 15.0. The second-order valence-electron chi connectivity index (χ2n) is 6.75. The van der Waals surface area contributed by atoms with E-state index in [1.807, 2.05) is 42.5 Å². The lowest BCUT2D eigenvalue weighted by molar-refractivity contribution is 0.323. The fourth-order valence-electron chi connectivity index (χ4n) is 3.38. The number of nitrogens with zero attached hydrogens (tertiary/aromatic N) is 2. The molecule has 1 aromatic carbocycles. The van der Waals surface area contributed by atoms with Gasteiger partial charge in [0.1, 0.15) is 17.3 Å². The molecule has 0 atom stereocenters. The normalized spacial score (nSPS) is 16.0. The number of hydrogen-bond acceptors (Lipinski definition) is 6. The second kappa shape index (κ2) is 5.62. The van der Waals surface area contributed by atoms with Crippen LogP contribution in [0.25, 0.3) is 0 Å². The number of nitrogens with two attached hydrogens (primary N) is 1. The molecule has 5 rings (SSSR count). The number of anilines is 3. The SMILES string of the molecule is Nc1ncccc1Nc1ccc(Oc2cccc3c2C2(CC2)CO3)nc1. The third-order valence-electron chi connectivity index (χ3n) is 4.94. The summed E-state index contributed by atoms with van der Waals surface area (Å²) in [5.74, 6) is 2.76. The van der Waals surface area contributed by atoms with Crippen LogP contribution in [0.5, 0.6) is 17.4 Å². The first-order chi connectivity index (χ1) is 12.7. The van der Waals surface area contributed by atoms with E-state index >= 15 is 0 Å². The maximum atomic E-state index is 6.07. The Bertz CT molecular complexity index is 968. The zero-order chi connectivity index (χ0) is 17.6. The average Bonchev–Trinajstić information content (AvgIpc) is 3.34. The molecule has 1 fully saturated rings. The minimum atomic E-state index is 0.158. The summed E-state index contributed by atoms with van der Waals surface area (Å²) in [6, 6.07) is 13.4. The van der Waals surface area contributed by atoms with Crippen molar-refractivity contribution in [3.63, 3.8) is 0 Å². The van der Waals surface area contributed by atoms with Crippen LogP contribution in [0.15, 0.2) is 54.9 Å². The van der Waals surface area contributed by atoms with E-state index in [1.54, 1.807) is 12.4 Å². The number of pyridine rings is 2. The highest BCUT2D eigenvalue weighted by Gasteiger charge is 2.52. The van der Waals surface area contributed by atoms with E-state index in [1.165, 1.54) is 5.56 Å². The van der Waals surface area contributed by atoms with Gasteiger partial charge in [0, 0.05) is 23.2 Å². The number of hydrogen-bond donors (Lipinski definition) is 2. The number of fused-ring (bicyclic) bond motifs is 2. The van der Waals surface area contributed by atoms with Crippen LogP contribution >= 0.6 is 0 Å². The van der Waals surface area contributed by atoms with Crippen LogP contribution in [-0.4, -0.2) is 16.6 Å². The Labute approximate surface area is 151 Å². The standard InChI is InChI=1S/C20H18N4O2/c21-19-14(3-2-10-22-19)24-13-6-7-17(23-11-13)26-16-5-1-4-15-18(16)20(8-9-20)12-25-15/h1-7,10-11,24H,8-9,12H2,(H2,21,22). The average molecular weight is 346 g/mol. The number of ether oxygens (including phenoxy) is 2. The van der Waals surface area contributed by atoms with Crippen molar-refractivity contribution >= 4 is 17.2 Å². The van der Waals surface area contributed by atoms with Crippen molar-refractivity contribution in [3.05, 3.63) is 60.4 Å². The maximum Gasteiger partial charge on any atom is 0.219 e. The number of rotatable bonds is 4. The molecule has 6 nitrogen and oxygen atoms in total. The second-order valence-corrected chi connectivity index (χ2v) is 6.75. The van der Waals surface area contributed by atoms with E-state index in [4.69, 9.17) is 15.2 Å². The lowest BCUT2D eigenvalue weighted by Crippen LogP contribution is -2.08.